The van der Waals surface area contributed by atoms with E-state index in [0.717, 1.165) is 39.0 Å². The van der Waals surface area contributed by atoms with E-state index in [2.05, 4.69) is 26.4 Å². The van der Waals surface area contributed by atoms with Gasteiger partial charge in [0.25, 0.3) is 0 Å². The van der Waals surface area contributed by atoms with Gasteiger partial charge in [-0.1, -0.05) is 28.9 Å². The lowest BCUT2D eigenvalue weighted by Crippen LogP contribution is -1.86. The van der Waals surface area contributed by atoms with Crippen LogP contribution in [0.2, 0.25) is 5.02 Å². The molecule has 2 aromatic carbocycles. The zero-order valence-electron chi connectivity index (χ0n) is 14.1. The number of aromatic amines is 1. The maximum absolute atomic E-state index is 6.00. The highest BCUT2D eigenvalue weighted by Crippen LogP contribution is 2.35. The van der Waals surface area contributed by atoms with Crippen LogP contribution < -0.4 is 0 Å². The predicted octanol–water partition coefficient (Wildman–Crippen LogP) is 5.60. The molecular formula is C21H13ClN4O. The first-order valence-corrected chi connectivity index (χ1v) is 8.78. The number of benzene rings is 2. The summed E-state index contributed by atoms with van der Waals surface area (Å²) >= 11 is 6.00. The number of halogens is 1. The molecule has 0 saturated carbocycles. The molecule has 0 atom stereocenters. The topological polar surface area (TPSA) is 67.6 Å². The van der Waals surface area contributed by atoms with Gasteiger partial charge in [0.1, 0.15) is 11.2 Å². The summed E-state index contributed by atoms with van der Waals surface area (Å²) in [5.74, 6) is 0.714. The Morgan fingerprint density at radius 2 is 1.78 bits per heavy atom. The van der Waals surface area contributed by atoms with E-state index in [-0.39, 0.29) is 0 Å². The predicted molar refractivity (Wildman–Crippen MR) is 105 cm³/mol. The smallest absolute Gasteiger partial charge is 0.174 e. The molecule has 6 heteroatoms. The highest BCUT2D eigenvalue weighted by atomic mass is 35.5. The van der Waals surface area contributed by atoms with Crippen molar-refractivity contribution in [1.82, 2.24) is 20.3 Å². The molecule has 0 saturated heterocycles. The first-order valence-electron chi connectivity index (χ1n) is 8.40. The summed E-state index contributed by atoms with van der Waals surface area (Å²) in [5, 5.41) is 13.1. The molecule has 0 aliphatic carbocycles. The van der Waals surface area contributed by atoms with Gasteiger partial charge in [-0.25, -0.2) is 0 Å². The SMILES string of the molecule is Clc1ccc(-c2onc3ccc(-c4c[nH]nc4-c4ccccn4)cc23)cc1. The number of H-pyrrole nitrogens is 1. The van der Waals surface area contributed by atoms with Crippen LogP contribution in [0.4, 0.5) is 0 Å². The Balaban J connectivity index is 1.65. The zero-order valence-corrected chi connectivity index (χ0v) is 14.8. The van der Waals surface area contributed by atoms with Crippen LogP contribution in [-0.2, 0) is 0 Å². The van der Waals surface area contributed by atoms with Crippen molar-refractivity contribution in [2.45, 2.75) is 0 Å². The number of hydrogen-bond acceptors (Lipinski definition) is 4. The molecular weight excluding hydrogens is 360 g/mol. The fraction of sp³-hybridized carbons (Fsp3) is 0. The van der Waals surface area contributed by atoms with E-state index < -0.39 is 0 Å². The Bertz CT molecular complexity index is 1230. The van der Waals surface area contributed by atoms with Crippen molar-refractivity contribution in [3.8, 4) is 33.8 Å². The van der Waals surface area contributed by atoms with E-state index in [1.165, 1.54) is 0 Å². The molecule has 5 nitrogen and oxygen atoms in total. The Labute approximate surface area is 159 Å². The minimum atomic E-state index is 0.682. The van der Waals surface area contributed by atoms with Crippen LogP contribution in [0.1, 0.15) is 0 Å². The second-order valence-corrected chi connectivity index (χ2v) is 6.55. The lowest BCUT2D eigenvalue weighted by Gasteiger charge is -2.03. The fourth-order valence-corrected chi connectivity index (χ4v) is 3.25. The summed E-state index contributed by atoms with van der Waals surface area (Å²) in [6.45, 7) is 0. The van der Waals surface area contributed by atoms with Crippen molar-refractivity contribution in [2.75, 3.05) is 0 Å². The highest BCUT2D eigenvalue weighted by molar-refractivity contribution is 6.30. The van der Waals surface area contributed by atoms with Gasteiger partial charge >= 0.3 is 0 Å². The molecule has 5 aromatic rings. The number of rotatable bonds is 3. The summed E-state index contributed by atoms with van der Waals surface area (Å²) in [4.78, 5) is 4.41. The third kappa shape index (κ3) is 2.78. The van der Waals surface area contributed by atoms with Gasteiger partial charge in [0.15, 0.2) is 5.76 Å². The van der Waals surface area contributed by atoms with Crippen molar-refractivity contribution in [3.05, 3.63) is 78.1 Å². The molecule has 3 heterocycles. The first kappa shape index (κ1) is 15.8. The number of nitrogens with zero attached hydrogens (tertiary/aromatic N) is 3. The van der Waals surface area contributed by atoms with Gasteiger partial charge in [-0.3, -0.25) is 10.1 Å². The molecule has 0 unspecified atom stereocenters. The van der Waals surface area contributed by atoms with Gasteiger partial charge in [-0.2, -0.15) is 5.10 Å². The van der Waals surface area contributed by atoms with Crippen molar-refractivity contribution >= 4 is 22.5 Å². The minimum Gasteiger partial charge on any atom is -0.355 e. The Hall–Kier alpha value is -3.44. The average Bonchev–Trinajstić information content (AvgIpc) is 3.36. The van der Waals surface area contributed by atoms with E-state index in [9.17, 15) is 0 Å². The van der Waals surface area contributed by atoms with Crippen LogP contribution in [-0.4, -0.2) is 20.3 Å². The van der Waals surface area contributed by atoms with Gasteiger partial charge in [0.05, 0.1) is 11.1 Å². The van der Waals surface area contributed by atoms with E-state index in [4.69, 9.17) is 16.1 Å². The molecule has 1 N–H and O–H groups in total. The van der Waals surface area contributed by atoms with Crippen molar-refractivity contribution in [1.29, 1.82) is 0 Å². The van der Waals surface area contributed by atoms with Crippen LogP contribution >= 0.6 is 11.6 Å². The Morgan fingerprint density at radius 3 is 2.59 bits per heavy atom. The highest BCUT2D eigenvalue weighted by Gasteiger charge is 2.15. The standard InChI is InChI=1S/C21H13ClN4O/c22-15-7-4-13(5-8-15)21-16-11-14(6-9-18(16)26-27-21)17-12-24-25-20(17)19-3-1-2-10-23-19/h1-12H,(H,24,25). The Morgan fingerprint density at radius 1 is 0.926 bits per heavy atom. The van der Waals surface area contributed by atoms with Crippen LogP contribution in [0.3, 0.4) is 0 Å². The molecule has 3 aromatic heterocycles. The lowest BCUT2D eigenvalue weighted by molar-refractivity contribution is 0.441. The minimum absolute atomic E-state index is 0.682. The molecule has 0 amide bonds. The molecule has 5 rings (SSSR count). The van der Waals surface area contributed by atoms with Crippen molar-refractivity contribution in [2.24, 2.45) is 0 Å². The van der Waals surface area contributed by atoms with E-state index >= 15 is 0 Å². The van der Waals surface area contributed by atoms with Gasteiger partial charge in [0.2, 0.25) is 0 Å². The third-order valence-electron chi connectivity index (χ3n) is 4.44. The van der Waals surface area contributed by atoms with Gasteiger partial charge < -0.3 is 4.52 Å². The second-order valence-electron chi connectivity index (χ2n) is 6.11. The monoisotopic (exact) mass is 372 g/mol. The maximum atomic E-state index is 6.00. The molecule has 0 radical (unpaired) electrons. The van der Waals surface area contributed by atoms with Crippen LogP contribution in [0.5, 0.6) is 0 Å². The van der Waals surface area contributed by atoms with Gasteiger partial charge in [-0.05, 0) is 54.1 Å². The molecule has 0 bridgehead atoms. The molecule has 0 fully saturated rings. The van der Waals surface area contributed by atoms with Crippen molar-refractivity contribution in [3.63, 3.8) is 0 Å². The largest absolute Gasteiger partial charge is 0.355 e. The van der Waals surface area contributed by atoms with Gasteiger partial charge in [0, 0.05) is 28.5 Å². The normalized spacial score (nSPS) is 11.1. The average molecular weight is 373 g/mol. The van der Waals surface area contributed by atoms with E-state index in [1.54, 1.807) is 6.20 Å². The summed E-state index contributed by atoms with van der Waals surface area (Å²) < 4.78 is 5.60. The second kappa shape index (κ2) is 6.37. The molecule has 0 aliphatic heterocycles. The fourth-order valence-electron chi connectivity index (χ4n) is 3.13. The molecule has 0 aliphatic rings. The number of fused-ring (bicyclic) bond motifs is 1. The maximum Gasteiger partial charge on any atom is 0.174 e. The van der Waals surface area contributed by atoms with Crippen LogP contribution in [0.25, 0.3) is 44.7 Å². The number of aromatic nitrogens is 4. The zero-order chi connectivity index (χ0) is 18.2. The van der Waals surface area contributed by atoms with E-state index in [0.29, 0.717) is 10.8 Å². The third-order valence-corrected chi connectivity index (χ3v) is 4.69. The summed E-state index contributed by atoms with van der Waals surface area (Å²) in [7, 11) is 0. The summed E-state index contributed by atoms with van der Waals surface area (Å²) in [6.07, 6.45) is 3.64. The lowest BCUT2D eigenvalue weighted by atomic mass is 10.0. The van der Waals surface area contributed by atoms with Crippen molar-refractivity contribution < 1.29 is 4.52 Å². The first-order chi connectivity index (χ1) is 13.3. The van der Waals surface area contributed by atoms with Crippen LogP contribution in [0, 0.1) is 0 Å². The molecule has 0 spiro atoms. The number of nitrogens with one attached hydrogen (secondary N) is 1. The van der Waals surface area contributed by atoms with E-state index in [1.807, 2.05) is 60.8 Å². The molecule has 130 valence electrons. The summed E-state index contributed by atoms with van der Waals surface area (Å²) in [6, 6.07) is 19.3. The number of hydrogen-bond donors (Lipinski definition) is 1. The van der Waals surface area contributed by atoms with Gasteiger partial charge in [-0.15, -0.1) is 0 Å². The number of pyridine rings is 1. The molecule has 27 heavy (non-hydrogen) atoms. The summed E-state index contributed by atoms with van der Waals surface area (Å²) in [5.41, 5.74) is 5.33. The quantitative estimate of drug-likeness (QED) is 0.447. The van der Waals surface area contributed by atoms with Crippen LogP contribution in [0.15, 0.2) is 77.6 Å². The Kier molecular flexibility index (Phi) is 3.73.